The largest absolute Gasteiger partial charge is 0.465 e. The van der Waals surface area contributed by atoms with Crippen molar-refractivity contribution in [2.24, 2.45) is 4.36 Å². The fourth-order valence-electron chi connectivity index (χ4n) is 2.97. The number of hydrogen-bond acceptors (Lipinski definition) is 5. The highest BCUT2D eigenvalue weighted by atomic mass is 32.2. The number of rotatable bonds is 5. The van der Waals surface area contributed by atoms with Crippen molar-refractivity contribution in [2.45, 2.75) is 11.0 Å². The topological polar surface area (TPSA) is 82.0 Å². The first-order valence-electron chi connectivity index (χ1n) is 9.12. The first-order valence-corrected chi connectivity index (χ1v) is 11.0. The molecule has 0 spiro atoms. The van der Waals surface area contributed by atoms with Gasteiger partial charge in [0.15, 0.2) is 6.10 Å². The molecule has 0 aromatic heterocycles. The van der Waals surface area contributed by atoms with Gasteiger partial charge in [0.05, 0.1) is 27.3 Å². The minimum atomic E-state index is -3.26. The van der Waals surface area contributed by atoms with Gasteiger partial charge in [0.1, 0.15) is 0 Å². The first kappa shape index (κ1) is 21.3. The molecule has 0 fully saturated rings. The average molecular weight is 423 g/mol. The zero-order valence-electron chi connectivity index (χ0n) is 16.6. The highest BCUT2D eigenvalue weighted by molar-refractivity contribution is 7.93. The molecule has 154 valence electrons. The molecule has 1 atom stereocenters. The Morgan fingerprint density at radius 3 is 1.87 bits per heavy atom. The molecule has 0 aliphatic heterocycles. The number of methoxy groups -OCH3 is 1. The Morgan fingerprint density at radius 1 is 0.833 bits per heavy atom. The van der Waals surface area contributed by atoms with Crippen LogP contribution in [0.1, 0.15) is 27.6 Å². The van der Waals surface area contributed by atoms with Crippen LogP contribution in [0.3, 0.4) is 0 Å². The molecule has 0 N–H and O–H groups in total. The lowest BCUT2D eigenvalue weighted by molar-refractivity contribution is 0.0596. The molecule has 3 aromatic rings. The van der Waals surface area contributed by atoms with E-state index in [0.29, 0.717) is 0 Å². The van der Waals surface area contributed by atoms with Gasteiger partial charge in [0.25, 0.3) is 0 Å². The van der Waals surface area contributed by atoms with Crippen LogP contribution in [0.4, 0.5) is 4.79 Å². The van der Waals surface area contributed by atoms with Crippen molar-refractivity contribution >= 4 is 21.8 Å². The lowest BCUT2D eigenvalue weighted by Crippen LogP contribution is -2.14. The molecular formula is C23H21NO5S. The van der Waals surface area contributed by atoms with Gasteiger partial charge in [-0.1, -0.05) is 72.8 Å². The van der Waals surface area contributed by atoms with Crippen molar-refractivity contribution in [1.82, 2.24) is 0 Å². The summed E-state index contributed by atoms with van der Waals surface area (Å²) in [5, 5.41) is 0. The van der Waals surface area contributed by atoms with Crippen LogP contribution in [-0.2, 0) is 19.2 Å². The summed E-state index contributed by atoms with van der Waals surface area (Å²) in [5.74, 6) is -0.657. The van der Waals surface area contributed by atoms with E-state index in [0.717, 1.165) is 11.1 Å². The molecule has 0 saturated carbocycles. The van der Waals surface area contributed by atoms with Crippen molar-refractivity contribution in [2.75, 3.05) is 13.4 Å². The number of esters is 1. The van der Waals surface area contributed by atoms with Gasteiger partial charge >= 0.3 is 12.1 Å². The molecule has 0 bridgehead atoms. The fraction of sp³-hybridized carbons (Fsp3) is 0.130. The van der Waals surface area contributed by atoms with E-state index in [9.17, 15) is 13.8 Å². The Kier molecular flexibility index (Phi) is 6.64. The number of ether oxygens (including phenoxy) is 2. The standard InChI is InChI=1S/C23H21NO5S/c1-28-22(25)19-15-9-10-16-20(19)30(2,27)24-23(26)29-21(17-11-5-3-6-12-17)18-13-7-4-8-14-18/h3-16,21H,1-2H3. The van der Waals surface area contributed by atoms with Gasteiger partial charge in [-0.25, -0.2) is 13.8 Å². The molecule has 0 aliphatic rings. The van der Waals surface area contributed by atoms with Crippen molar-refractivity contribution in [3.63, 3.8) is 0 Å². The molecule has 0 aliphatic carbocycles. The predicted molar refractivity (Wildman–Crippen MR) is 114 cm³/mol. The maximum atomic E-state index is 13.2. The van der Waals surface area contributed by atoms with E-state index < -0.39 is 27.9 Å². The quantitative estimate of drug-likeness (QED) is 0.548. The van der Waals surface area contributed by atoms with Gasteiger partial charge in [-0.05, 0) is 23.3 Å². The van der Waals surface area contributed by atoms with Crippen molar-refractivity contribution in [3.8, 4) is 0 Å². The normalized spacial score (nSPS) is 12.6. The number of benzene rings is 3. The Morgan fingerprint density at radius 2 is 1.33 bits per heavy atom. The molecular weight excluding hydrogens is 402 g/mol. The van der Waals surface area contributed by atoms with E-state index in [2.05, 4.69) is 4.36 Å². The van der Waals surface area contributed by atoms with Crippen LogP contribution in [-0.4, -0.2) is 29.6 Å². The molecule has 0 heterocycles. The van der Waals surface area contributed by atoms with Gasteiger partial charge in [-0.2, -0.15) is 0 Å². The van der Waals surface area contributed by atoms with Crippen LogP contribution < -0.4 is 0 Å². The summed E-state index contributed by atoms with van der Waals surface area (Å²) in [6, 6.07) is 24.6. The van der Waals surface area contributed by atoms with Gasteiger partial charge < -0.3 is 9.47 Å². The number of carbonyl (C=O) groups is 2. The third-order valence-corrected chi connectivity index (χ3v) is 6.04. The first-order chi connectivity index (χ1) is 14.4. The summed E-state index contributed by atoms with van der Waals surface area (Å²) in [7, 11) is -2.03. The van der Waals surface area contributed by atoms with Crippen LogP contribution in [0.25, 0.3) is 0 Å². The molecule has 1 unspecified atom stereocenters. The average Bonchev–Trinajstić information content (AvgIpc) is 2.78. The third kappa shape index (κ3) is 4.93. The van der Waals surface area contributed by atoms with E-state index in [-0.39, 0.29) is 10.5 Å². The van der Waals surface area contributed by atoms with Crippen LogP contribution in [0, 0.1) is 0 Å². The summed E-state index contributed by atoms with van der Waals surface area (Å²) in [4.78, 5) is 24.8. The molecule has 0 saturated heterocycles. The Balaban J connectivity index is 1.96. The second-order valence-electron chi connectivity index (χ2n) is 6.47. The molecule has 1 amide bonds. The molecule has 3 rings (SSSR count). The van der Waals surface area contributed by atoms with Crippen molar-refractivity contribution < 1.29 is 23.3 Å². The van der Waals surface area contributed by atoms with Gasteiger partial charge in [0, 0.05) is 6.26 Å². The number of carbonyl (C=O) groups excluding carboxylic acids is 2. The summed E-state index contributed by atoms with van der Waals surface area (Å²) >= 11 is 0. The SMILES string of the molecule is COC(=O)c1ccccc1S(C)(=O)=NC(=O)OC(c1ccccc1)c1ccccc1. The minimum Gasteiger partial charge on any atom is -0.465 e. The highest BCUT2D eigenvalue weighted by Gasteiger charge is 2.22. The Labute approximate surface area is 175 Å². The summed E-state index contributed by atoms with van der Waals surface area (Å²) in [6.45, 7) is 0. The van der Waals surface area contributed by atoms with Gasteiger partial charge in [-0.3, -0.25) is 0 Å². The molecule has 0 radical (unpaired) electrons. The number of hydrogen-bond donors (Lipinski definition) is 0. The van der Waals surface area contributed by atoms with E-state index >= 15 is 0 Å². The second kappa shape index (κ2) is 9.37. The van der Waals surface area contributed by atoms with Gasteiger partial charge in [0.2, 0.25) is 0 Å². The zero-order valence-corrected chi connectivity index (χ0v) is 17.4. The third-order valence-electron chi connectivity index (χ3n) is 4.37. The van der Waals surface area contributed by atoms with E-state index in [1.54, 1.807) is 12.1 Å². The molecule has 6 nitrogen and oxygen atoms in total. The van der Waals surface area contributed by atoms with Crippen molar-refractivity contribution in [3.05, 3.63) is 102 Å². The smallest absolute Gasteiger partial charge is 0.443 e. The maximum absolute atomic E-state index is 13.2. The fourth-order valence-corrected chi connectivity index (χ4v) is 4.29. The van der Waals surface area contributed by atoms with Crippen LogP contribution in [0.15, 0.2) is 94.2 Å². The second-order valence-corrected chi connectivity index (χ2v) is 8.69. The molecule has 7 heteroatoms. The van der Waals surface area contributed by atoms with Crippen LogP contribution in [0.2, 0.25) is 0 Å². The summed E-state index contributed by atoms with van der Waals surface area (Å²) in [5.41, 5.74) is 1.60. The predicted octanol–water partition coefficient (Wildman–Crippen LogP) is 4.86. The molecule has 30 heavy (non-hydrogen) atoms. The lowest BCUT2D eigenvalue weighted by atomic mass is 10.0. The number of nitrogens with zero attached hydrogens (tertiary/aromatic N) is 1. The minimum absolute atomic E-state index is 0.0896. The highest BCUT2D eigenvalue weighted by Crippen LogP contribution is 2.27. The Hall–Kier alpha value is -3.45. The number of amides is 1. The molecule has 3 aromatic carbocycles. The van der Waals surface area contributed by atoms with E-state index in [4.69, 9.17) is 9.47 Å². The Bertz CT molecular complexity index is 1110. The van der Waals surface area contributed by atoms with Crippen molar-refractivity contribution in [1.29, 1.82) is 0 Å². The van der Waals surface area contributed by atoms with Gasteiger partial charge in [-0.15, -0.1) is 4.36 Å². The van der Waals surface area contributed by atoms with E-state index in [1.807, 2.05) is 60.7 Å². The van der Waals surface area contributed by atoms with Crippen LogP contribution >= 0.6 is 0 Å². The lowest BCUT2D eigenvalue weighted by Gasteiger charge is -2.18. The maximum Gasteiger partial charge on any atom is 0.443 e. The van der Waals surface area contributed by atoms with Crippen LogP contribution in [0.5, 0.6) is 0 Å². The summed E-state index contributed by atoms with van der Waals surface area (Å²) < 4.78 is 27.4. The zero-order chi connectivity index (χ0) is 21.6. The summed E-state index contributed by atoms with van der Waals surface area (Å²) in [6.07, 6.45) is -0.412. The monoisotopic (exact) mass is 423 g/mol. The van der Waals surface area contributed by atoms with E-state index in [1.165, 1.54) is 25.5 Å².